The van der Waals surface area contributed by atoms with Crippen molar-refractivity contribution in [2.24, 2.45) is 0 Å². The molecule has 0 amide bonds. The quantitative estimate of drug-likeness (QED) is 0.742. The number of carboxylic acids is 1. The molecule has 0 aliphatic rings. The zero-order valence-corrected chi connectivity index (χ0v) is 13.0. The Morgan fingerprint density at radius 2 is 2.14 bits per heavy atom. The lowest BCUT2D eigenvalue weighted by Crippen LogP contribution is -2.31. The van der Waals surface area contributed by atoms with Crippen molar-refractivity contribution in [1.82, 2.24) is 4.72 Å². The van der Waals surface area contributed by atoms with Crippen LogP contribution < -0.4 is 4.72 Å². The number of benzene rings is 1. The van der Waals surface area contributed by atoms with Crippen LogP contribution in [-0.2, 0) is 19.6 Å². The van der Waals surface area contributed by atoms with Crippen molar-refractivity contribution in [2.45, 2.75) is 24.8 Å². The highest BCUT2D eigenvalue weighted by Gasteiger charge is 2.15. The number of methoxy groups -OCH3 is 1. The van der Waals surface area contributed by atoms with Crippen molar-refractivity contribution in [3.05, 3.63) is 35.4 Å². The van der Waals surface area contributed by atoms with Crippen LogP contribution in [0.15, 0.2) is 29.2 Å². The molecule has 2 N–H and O–H groups in total. The molecular formula is C14H19NO5S. The summed E-state index contributed by atoms with van der Waals surface area (Å²) in [4.78, 5) is 10.6. The molecule has 1 atom stereocenters. The molecule has 7 heteroatoms. The first-order valence-corrected chi connectivity index (χ1v) is 7.78. The second-order valence-electron chi connectivity index (χ2n) is 4.59. The van der Waals surface area contributed by atoms with Gasteiger partial charge in [-0.15, -0.1) is 0 Å². The lowest BCUT2D eigenvalue weighted by Gasteiger charge is -2.12. The van der Waals surface area contributed by atoms with Gasteiger partial charge in [0.25, 0.3) is 0 Å². The van der Waals surface area contributed by atoms with Crippen LogP contribution in [-0.4, -0.2) is 39.3 Å². The predicted octanol–water partition coefficient (Wildman–Crippen LogP) is 1.41. The molecule has 1 rings (SSSR count). The zero-order valence-electron chi connectivity index (χ0n) is 12.2. The summed E-state index contributed by atoms with van der Waals surface area (Å²) >= 11 is 0. The van der Waals surface area contributed by atoms with Crippen molar-refractivity contribution in [3.8, 4) is 0 Å². The third-order valence-corrected chi connectivity index (χ3v) is 4.34. The van der Waals surface area contributed by atoms with Gasteiger partial charge in [0.2, 0.25) is 10.0 Å². The van der Waals surface area contributed by atoms with Crippen LogP contribution in [0.1, 0.15) is 18.1 Å². The molecule has 1 aromatic carbocycles. The number of hydrogen-bond acceptors (Lipinski definition) is 4. The number of aryl methyl sites for hydroxylation is 1. The zero-order chi connectivity index (χ0) is 16.0. The smallest absolute Gasteiger partial charge is 0.328 e. The minimum Gasteiger partial charge on any atom is -0.478 e. The van der Waals surface area contributed by atoms with E-state index in [1.165, 1.54) is 25.3 Å². The van der Waals surface area contributed by atoms with Crippen molar-refractivity contribution < 1.29 is 23.1 Å². The van der Waals surface area contributed by atoms with Crippen LogP contribution in [0.5, 0.6) is 0 Å². The Labute approximate surface area is 124 Å². The number of ether oxygens (including phenoxy) is 1. The van der Waals surface area contributed by atoms with Gasteiger partial charge in [0.1, 0.15) is 0 Å². The molecule has 0 fully saturated rings. The fraction of sp³-hybridized carbons (Fsp3) is 0.357. The first-order chi connectivity index (χ1) is 9.76. The number of rotatable bonds is 7. The van der Waals surface area contributed by atoms with Crippen molar-refractivity contribution in [2.75, 3.05) is 13.7 Å². The predicted molar refractivity (Wildman–Crippen MR) is 79.5 cm³/mol. The Bertz CT molecular complexity index is 637. The highest BCUT2D eigenvalue weighted by molar-refractivity contribution is 7.89. The molecule has 0 aliphatic carbocycles. The van der Waals surface area contributed by atoms with Gasteiger partial charge in [0.05, 0.1) is 11.0 Å². The van der Waals surface area contributed by atoms with Crippen molar-refractivity contribution in [1.29, 1.82) is 0 Å². The van der Waals surface area contributed by atoms with E-state index in [9.17, 15) is 13.2 Å². The Morgan fingerprint density at radius 3 is 2.67 bits per heavy atom. The first kappa shape index (κ1) is 17.4. The molecule has 1 aromatic rings. The van der Waals surface area contributed by atoms with Gasteiger partial charge in [0.15, 0.2) is 0 Å². The summed E-state index contributed by atoms with van der Waals surface area (Å²) in [7, 11) is -2.10. The van der Waals surface area contributed by atoms with Gasteiger partial charge in [-0.2, -0.15) is 0 Å². The van der Waals surface area contributed by atoms with Gasteiger partial charge in [-0.1, -0.05) is 6.07 Å². The summed E-state index contributed by atoms with van der Waals surface area (Å²) in [5.74, 6) is -1.05. The molecular weight excluding hydrogens is 294 g/mol. The normalized spacial score (nSPS) is 13.5. The number of hydrogen-bond donors (Lipinski definition) is 2. The topological polar surface area (TPSA) is 92.7 Å². The minimum atomic E-state index is -3.61. The summed E-state index contributed by atoms with van der Waals surface area (Å²) in [5.41, 5.74) is 1.33. The van der Waals surface area contributed by atoms with Crippen molar-refractivity contribution in [3.63, 3.8) is 0 Å². The van der Waals surface area contributed by atoms with E-state index in [1.54, 1.807) is 19.9 Å². The summed E-state index contributed by atoms with van der Waals surface area (Å²) < 4.78 is 31.7. The van der Waals surface area contributed by atoms with E-state index in [4.69, 9.17) is 9.84 Å². The molecule has 6 nitrogen and oxygen atoms in total. The van der Waals surface area contributed by atoms with E-state index in [1.807, 2.05) is 0 Å². The molecule has 1 unspecified atom stereocenters. The maximum atomic E-state index is 12.1. The maximum Gasteiger partial charge on any atom is 0.328 e. The van der Waals surface area contributed by atoms with E-state index in [2.05, 4.69) is 4.72 Å². The molecule has 0 heterocycles. The van der Waals surface area contributed by atoms with Gasteiger partial charge in [-0.3, -0.25) is 0 Å². The lowest BCUT2D eigenvalue weighted by molar-refractivity contribution is -0.131. The molecule has 116 valence electrons. The number of carboxylic acid groups (broad SMARTS) is 1. The maximum absolute atomic E-state index is 12.1. The largest absolute Gasteiger partial charge is 0.478 e. The van der Waals surface area contributed by atoms with Gasteiger partial charge < -0.3 is 9.84 Å². The second-order valence-corrected chi connectivity index (χ2v) is 6.36. The summed E-state index contributed by atoms with van der Waals surface area (Å²) in [6.07, 6.45) is 2.21. The number of sulfonamides is 1. The fourth-order valence-electron chi connectivity index (χ4n) is 1.56. The molecule has 0 saturated heterocycles. The Kier molecular flexibility index (Phi) is 6.07. The summed E-state index contributed by atoms with van der Waals surface area (Å²) in [5, 5.41) is 8.59. The van der Waals surface area contributed by atoms with E-state index in [0.717, 1.165) is 6.08 Å². The monoisotopic (exact) mass is 313 g/mol. The molecule has 0 bridgehead atoms. The lowest BCUT2D eigenvalue weighted by atomic mass is 10.1. The third-order valence-electron chi connectivity index (χ3n) is 2.92. The number of nitrogens with one attached hydrogen (secondary N) is 1. The van der Waals surface area contributed by atoms with Crippen molar-refractivity contribution >= 4 is 22.1 Å². The van der Waals surface area contributed by atoms with Crippen LogP contribution in [0.3, 0.4) is 0 Å². The minimum absolute atomic E-state index is 0.135. The number of carbonyl (C=O) groups is 1. The third kappa shape index (κ3) is 5.30. The van der Waals surface area contributed by atoms with Crippen LogP contribution in [0.25, 0.3) is 6.08 Å². The molecule has 0 spiro atoms. The average molecular weight is 313 g/mol. The van der Waals surface area contributed by atoms with E-state index in [-0.39, 0.29) is 17.5 Å². The van der Waals surface area contributed by atoms with E-state index >= 15 is 0 Å². The molecule has 0 radical (unpaired) electrons. The van der Waals surface area contributed by atoms with Gasteiger partial charge in [-0.25, -0.2) is 17.9 Å². The van der Waals surface area contributed by atoms with Crippen LogP contribution in [0.4, 0.5) is 0 Å². The van der Waals surface area contributed by atoms with Crippen LogP contribution >= 0.6 is 0 Å². The first-order valence-electron chi connectivity index (χ1n) is 6.30. The number of aliphatic carboxylic acids is 1. The van der Waals surface area contributed by atoms with E-state index in [0.29, 0.717) is 11.1 Å². The molecule has 0 saturated carbocycles. The van der Waals surface area contributed by atoms with Crippen LogP contribution in [0, 0.1) is 6.92 Å². The SMILES string of the molecule is COC(C)CNS(=O)(=O)c1ccc(/C=C/C(=O)O)c(C)c1. The summed E-state index contributed by atoms with van der Waals surface area (Å²) in [6.45, 7) is 3.66. The highest BCUT2D eigenvalue weighted by atomic mass is 32.2. The molecule has 0 aromatic heterocycles. The van der Waals surface area contributed by atoms with E-state index < -0.39 is 16.0 Å². The molecule has 21 heavy (non-hydrogen) atoms. The van der Waals surface area contributed by atoms with Gasteiger partial charge in [0, 0.05) is 19.7 Å². The standard InChI is InChI=1S/C14H19NO5S/c1-10-8-13(6-4-12(10)5-7-14(16)17)21(18,19)15-9-11(2)20-3/h4-8,11,15H,9H2,1-3H3,(H,16,17)/b7-5+. The average Bonchev–Trinajstić information content (AvgIpc) is 2.43. The molecule has 0 aliphatic heterocycles. The highest BCUT2D eigenvalue weighted by Crippen LogP contribution is 2.16. The Balaban J connectivity index is 2.94. The Hall–Kier alpha value is -1.70. The Morgan fingerprint density at radius 1 is 1.48 bits per heavy atom. The van der Waals surface area contributed by atoms with Gasteiger partial charge in [-0.05, 0) is 43.2 Å². The van der Waals surface area contributed by atoms with Crippen LogP contribution in [0.2, 0.25) is 0 Å². The second kappa shape index (κ2) is 7.35. The van der Waals surface area contributed by atoms with Gasteiger partial charge >= 0.3 is 5.97 Å². The fourth-order valence-corrected chi connectivity index (χ4v) is 2.76. The summed E-state index contributed by atoms with van der Waals surface area (Å²) in [6, 6.07) is 4.51.